The van der Waals surface area contributed by atoms with Crippen LogP contribution in [-0.4, -0.2) is 18.3 Å². The van der Waals surface area contributed by atoms with Crippen molar-refractivity contribution < 1.29 is 4.74 Å². The first kappa shape index (κ1) is 12.1. The number of rotatable bonds is 5. The van der Waals surface area contributed by atoms with Crippen LogP contribution in [0.5, 0.6) is 0 Å². The third kappa shape index (κ3) is 2.51. The molecule has 3 nitrogen and oxygen atoms in total. The summed E-state index contributed by atoms with van der Waals surface area (Å²) >= 11 is 0. The lowest BCUT2D eigenvalue weighted by molar-refractivity contribution is 0.182. The average Bonchev–Trinajstić information content (AvgIpc) is 2.78. The Kier molecular flexibility index (Phi) is 3.82. The van der Waals surface area contributed by atoms with E-state index in [1.807, 2.05) is 0 Å². The molecule has 0 aliphatic rings. The second-order valence-electron chi connectivity index (χ2n) is 4.45. The van der Waals surface area contributed by atoms with Gasteiger partial charge < -0.3 is 15.0 Å². The van der Waals surface area contributed by atoms with Crippen LogP contribution in [0.3, 0.4) is 0 Å². The molecule has 0 amide bonds. The Labute approximate surface area is 102 Å². The minimum absolute atomic E-state index is 0.445. The van der Waals surface area contributed by atoms with Crippen LogP contribution in [-0.2, 0) is 11.3 Å². The molecule has 1 atom stereocenters. The molecule has 2 N–H and O–H groups in total. The lowest BCUT2D eigenvalue weighted by Crippen LogP contribution is -2.07. The molecule has 1 heterocycles. The Bertz CT molecular complexity index is 490. The lowest BCUT2D eigenvalue weighted by atomic mass is 10.1. The molecule has 1 unspecified atom stereocenters. The van der Waals surface area contributed by atoms with Gasteiger partial charge in [0.2, 0.25) is 0 Å². The summed E-state index contributed by atoms with van der Waals surface area (Å²) in [5.41, 5.74) is 8.12. The van der Waals surface area contributed by atoms with Gasteiger partial charge in [0.15, 0.2) is 0 Å². The van der Waals surface area contributed by atoms with E-state index < -0.39 is 0 Å². The highest BCUT2D eigenvalue weighted by Crippen LogP contribution is 2.23. The average molecular weight is 232 g/mol. The van der Waals surface area contributed by atoms with Gasteiger partial charge in [-0.15, -0.1) is 0 Å². The van der Waals surface area contributed by atoms with Crippen LogP contribution in [0.2, 0.25) is 0 Å². The van der Waals surface area contributed by atoms with Crippen molar-refractivity contribution in [3.05, 3.63) is 36.0 Å². The number of nitrogens with zero attached hydrogens (tertiary/aromatic N) is 1. The summed E-state index contributed by atoms with van der Waals surface area (Å²) in [7, 11) is 1.74. The second kappa shape index (κ2) is 5.34. The van der Waals surface area contributed by atoms with Crippen molar-refractivity contribution in [1.29, 1.82) is 0 Å². The normalized spacial score (nSPS) is 13.1. The zero-order chi connectivity index (χ0) is 12.3. The molecule has 92 valence electrons. The van der Waals surface area contributed by atoms with Crippen molar-refractivity contribution in [2.45, 2.75) is 25.9 Å². The number of ether oxygens (including phenoxy) is 1. The molecule has 0 aliphatic carbocycles. The van der Waals surface area contributed by atoms with Crippen LogP contribution >= 0.6 is 0 Å². The molecule has 0 saturated heterocycles. The molecule has 0 fully saturated rings. The number of hydrogen-bond acceptors (Lipinski definition) is 2. The van der Waals surface area contributed by atoms with Crippen LogP contribution < -0.4 is 5.73 Å². The molecule has 1 aromatic heterocycles. The number of methoxy groups -OCH3 is 1. The minimum Gasteiger partial charge on any atom is -0.385 e. The molecule has 0 radical (unpaired) electrons. The van der Waals surface area contributed by atoms with Gasteiger partial charge in [0.25, 0.3) is 0 Å². The van der Waals surface area contributed by atoms with E-state index in [0.717, 1.165) is 13.0 Å². The topological polar surface area (TPSA) is 40.2 Å². The zero-order valence-corrected chi connectivity index (χ0v) is 10.5. The van der Waals surface area contributed by atoms with E-state index in [-0.39, 0.29) is 0 Å². The number of hydrogen-bond donors (Lipinski definition) is 1. The summed E-state index contributed by atoms with van der Waals surface area (Å²) in [6.45, 7) is 3.60. The number of nitrogens with two attached hydrogens (primary N) is 1. The lowest BCUT2D eigenvalue weighted by Gasteiger charge is -2.15. The van der Waals surface area contributed by atoms with Crippen LogP contribution in [0.25, 0.3) is 10.9 Å². The van der Waals surface area contributed by atoms with E-state index >= 15 is 0 Å². The molecule has 2 rings (SSSR count). The van der Waals surface area contributed by atoms with Crippen molar-refractivity contribution in [2.24, 2.45) is 5.73 Å². The summed E-state index contributed by atoms with van der Waals surface area (Å²) in [6.07, 6.45) is 3.17. The smallest absolute Gasteiger partial charge is 0.0486 e. The Balaban J connectivity index is 2.33. The van der Waals surface area contributed by atoms with Gasteiger partial charge in [0, 0.05) is 38.0 Å². The van der Waals surface area contributed by atoms with Gasteiger partial charge in [-0.3, -0.25) is 0 Å². The predicted molar refractivity (Wildman–Crippen MR) is 71.0 cm³/mol. The van der Waals surface area contributed by atoms with E-state index in [4.69, 9.17) is 10.5 Å². The molecular formula is C14H20N2O. The quantitative estimate of drug-likeness (QED) is 0.861. The SMILES string of the molecule is COCCC(C)n1ccc2ccc(CN)cc21. The summed E-state index contributed by atoms with van der Waals surface area (Å²) in [5, 5.41) is 1.27. The maximum absolute atomic E-state index is 5.69. The van der Waals surface area contributed by atoms with E-state index in [0.29, 0.717) is 12.6 Å². The van der Waals surface area contributed by atoms with Crippen molar-refractivity contribution in [3.8, 4) is 0 Å². The van der Waals surface area contributed by atoms with Gasteiger partial charge in [-0.2, -0.15) is 0 Å². The maximum atomic E-state index is 5.69. The summed E-state index contributed by atoms with van der Waals surface area (Å²) < 4.78 is 7.43. The fraction of sp³-hybridized carbons (Fsp3) is 0.429. The Morgan fingerprint density at radius 1 is 1.35 bits per heavy atom. The molecule has 1 aromatic carbocycles. The van der Waals surface area contributed by atoms with Crippen molar-refractivity contribution >= 4 is 10.9 Å². The highest BCUT2D eigenvalue weighted by atomic mass is 16.5. The zero-order valence-electron chi connectivity index (χ0n) is 10.5. The first-order valence-corrected chi connectivity index (χ1v) is 6.04. The fourth-order valence-corrected chi connectivity index (χ4v) is 2.13. The molecule has 0 bridgehead atoms. The molecule has 0 saturated carbocycles. The van der Waals surface area contributed by atoms with Crippen molar-refractivity contribution in [2.75, 3.05) is 13.7 Å². The monoisotopic (exact) mass is 232 g/mol. The predicted octanol–water partition coefficient (Wildman–Crippen LogP) is 2.70. The van der Waals surface area contributed by atoms with Crippen LogP contribution in [0.4, 0.5) is 0 Å². The Hall–Kier alpha value is -1.32. The summed E-state index contributed by atoms with van der Waals surface area (Å²) in [6, 6.07) is 9.00. The van der Waals surface area contributed by atoms with Gasteiger partial charge >= 0.3 is 0 Å². The van der Waals surface area contributed by atoms with Crippen molar-refractivity contribution in [3.63, 3.8) is 0 Å². The van der Waals surface area contributed by atoms with E-state index in [2.05, 4.69) is 42.0 Å². The van der Waals surface area contributed by atoms with Crippen LogP contribution in [0, 0.1) is 0 Å². The highest BCUT2D eigenvalue weighted by Gasteiger charge is 2.08. The third-order valence-electron chi connectivity index (χ3n) is 3.24. The first-order chi connectivity index (χ1) is 8.26. The summed E-state index contributed by atoms with van der Waals surface area (Å²) in [4.78, 5) is 0. The Morgan fingerprint density at radius 2 is 2.18 bits per heavy atom. The van der Waals surface area contributed by atoms with Crippen molar-refractivity contribution in [1.82, 2.24) is 4.57 Å². The van der Waals surface area contributed by atoms with Crippen LogP contribution in [0.1, 0.15) is 24.9 Å². The van der Waals surface area contributed by atoms with E-state index in [9.17, 15) is 0 Å². The largest absolute Gasteiger partial charge is 0.385 e. The maximum Gasteiger partial charge on any atom is 0.0486 e. The van der Waals surface area contributed by atoms with E-state index in [1.165, 1.54) is 16.5 Å². The molecule has 2 aromatic rings. The molecule has 17 heavy (non-hydrogen) atoms. The Morgan fingerprint density at radius 3 is 2.88 bits per heavy atom. The number of aromatic nitrogens is 1. The van der Waals surface area contributed by atoms with Gasteiger partial charge in [-0.25, -0.2) is 0 Å². The van der Waals surface area contributed by atoms with E-state index in [1.54, 1.807) is 7.11 Å². The van der Waals surface area contributed by atoms with Gasteiger partial charge in [-0.05, 0) is 36.4 Å². The molecule has 0 spiro atoms. The fourth-order valence-electron chi connectivity index (χ4n) is 2.13. The molecular weight excluding hydrogens is 212 g/mol. The summed E-state index contributed by atoms with van der Waals surface area (Å²) in [5.74, 6) is 0. The van der Waals surface area contributed by atoms with Gasteiger partial charge in [0.05, 0.1) is 0 Å². The number of fused-ring (bicyclic) bond motifs is 1. The standard InChI is InChI=1S/C14H20N2O/c1-11(6-8-17-2)16-7-5-13-4-3-12(10-15)9-14(13)16/h3-5,7,9,11H,6,8,10,15H2,1-2H3. The van der Waals surface area contributed by atoms with Gasteiger partial charge in [0.1, 0.15) is 0 Å². The first-order valence-electron chi connectivity index (χ1n) is 6.04. The highest BCUT2D eigenvalue weighted by molar-refractivity contribution is 5.81. The van der Waals surface area contributed by atoms with Crippen LogP contribution in [0.15, 0.2) is 30.5 Å². The third-order valence-corrected chi connectivity index (χ3v) is 3.24. The number of benzene rings is 1. The minimum atomic E-state index is 0.445. The molecule has 0 aliphatic heterocycles. The van der Waals surface area contributed by atoms with Gasteiger partial charge in [-0.1, -0.05) is 12.1 Å². The molecule has 3 heteroatoms. The second-order valence-corrected chi connectivity index (χ2v) is 4.45.